The number of hydrogen-bond acceptors (Lipinski definition) is 5. The van der Waals surface area contributed by atoms with Gasteiger partial charge in [0.05, 0.1) is 17.8 Å². The lowest BCUT2D eigenvalue weighted by Gasteiger charge is -2.31. The van der Waals surface area contributed by atoms with Crippen LogP contribution in [0.2, 0.25) is 0 Å². The third-order valence-corrected chi connectivity index (χ3v) is 4.10. The van der Waals surface area contributed by atoms with Gasteiger partial charge in [-0.25, -0.2) is 9.97 Å². The molecule has 2 aromatic rings. The van der Waals surface area contributed by atoms with E-state index in [2.05, 4.69) is 14.9 Å². The maximum absolute atomic E-state index is 12.5. The van der Waals surface area contributed by atoms with Crippen LogP contribution in [0.15, 0.2) is 29.1 Å². The summed E-state index contributed by atoms with van der Waals surface area (Å²) in [4.78, 5) is 10.1. The van der Waals surface area contributed by atoms with Crippen LogP contribution in [-0.4, -0.2) is 34.1 Å². The lowest BCUT2D eigenvalue weighted by atomic mass is 10.1. The Kier molecular flexibility index (Phi) is 4.75. The minimum atomic E-state index is -4.38. The number of aromatic nitrogens is 2. The van der Waals surface area contributed by atoms with E-state index >= 15 is 0 Å². The Hall–Kier alpha value is -2.09. The number of pyridine rings is 1. The Bertz CT molecular complexity index is 662. The SMILES string of the molecule is Cc1ncoc1CN1CCC(Oc2ccc(C(F)(F)F)cn2)CC1. The summed E-state index contributed by atoms with van der Waals surface area (Å²) in [5.41, 5.74) is 0.120. The minimum Gasteiger partial charge on any atom is -0.474 e. The van der Waals surface area contributed by atoms with Crippen molar-refractivity contribution in [2.24, 2.45) is 0 Å². The Morgan fingerprint density at radius 3 is 2.54 bits per heavy atom. The maximum Gasteiger partial charge on any atom is 0.417 e. The highest BCUT2D eigenvalue weighted by atomic mass is 19.4. The van der Waals surface area contributed by atoms with Crippen molar-refractivity contribution in [2.45, 2.75) is 38.6 Å². The second kappa shape index (κ2) is 6.80. The molecule has 130 valence electrons. The van der Waals surface area contributed by atoms with Gasteiger partial charge >= 0.3 is 6.18 Å². The first kappa shape index (κ1) is 16.8. The predicted molar refractivity (Wildman–Crippen MR) is 79.4 cm³/mol. The lowest BCUT2D eigenvalue weighted by molar-refractivity contribution is -0.137. The van der Waals surface area contributed by atoms with Crippen LogP contribution in [0.5, 0.6) is 5.88 Å². The summed E-state index contributed by atoms with van der Waals surface area (Å²) in [5, 5.41) is 0. The van der Waals surface area contributed by atoms with E-state index in [-0.39, 0.29) is 12.0 Å². The molecule has 0 spiro atoms. The van der Waals surface area contributed by atoms with Crippen molar-refractivity contribution < 1.29 is 22.3 Å². The Labute approximate surface area is 137 Å². The number of aryl methyl sites for hydroxylation is 1. The standard InChI is InChI=1S/C16H18F3N3O2/c1-11-14(23-10-21-11)9-22-6-4-13(5-7-22)24-15-3-2-12(8-20-15)16(17,18)19/h2-3,8,10,13H,4-7,9H2,1H3. The zero-order valence-corrected chi connectivity index (χ0v) is 13.2. The fraction of sp³-hybridized carbons (Fsp3) is 0.500. The summed E-state index contributed by atoms with van der Waals surface area (Å²) in [6, 6.07) is 2.26. The second-order valence-corrected chi connectivity index (χ2v) is 5.84. The molecular weight excluding hydrogens is 323 g/mol. The van der Waals surface area contributed by atoms with E-state index < -0.39 is 11.7 Å². The molecular formula is C16H18F3N3O2. The van der Waals surface area contributed by atoms with Gasteiger partial charge in [0.1, 0.15) is 11.9 Å². The van der Waals surface area contributed by atoms with Crippen LogP contribution >= 0.6 is 0 Å². The first-order valence-electron chi connectivity index (χ1n) is 7.73. The van der Waals surface area contributed by atoms with Gasteiger partial charge in [-0.05, 0) is 25.8 Å². The Morgan fingerprint density at radius 1 is 1.25 bits per heavy atom. The number of nitrogens with zero attached hydrogens (tertiary/aromatic N) is 3. The average molecular weight is 341 g/mol. The van der Waals surface area contributed by atoms with E-state index in [1.807, 2.05) is 6.92 Å². The topological polar surface area (TPSA) is 51.4 Å². The molecule has 0 unspecified atom stereocenters. The van der Waals surface area contributed by atoms with E-state index in [4.69, 9.17) is 9.15 Å². The van der Waals surface area contributed by atoms with E-state index in [0.29, 0.717) is 6.54 Å². The number of hydrogen-bond donors (Lipinski definition) is 0. The quantitative estimate of drug-likeness (QED) is 0.853. The fourth-order valence-electron chi connectivity index (χ4n) is 2.65. The molecule has 0 atom stereocenters. The summed E-state index contributed by atoms with van der Waals surface area (Å²) in [7, 11) is 0. The van der Waals surface area contributed by atoms with Crippen molar-refractivity contribution in [2.75, 3.05) is 13.1 Å². The van der Waals surface area contributed by atoms with Crippen molar-refractivity contribution in [1.82, 2.24) is 14.9 Å². The molecule has 5 nitrogen and oxygen atoms in total. The molecule has 3 rings (SSSR count). The molecule has 0 aromatic carbocycles. The Morgan fingerprint density at radius 2 is 2.00 bits per heavy atom. The zero-order valence-electron chi connectivity index (χ0n) is 13.2. The van der Waals surface area contributed by atoms with Gasteiger partial charge in [-0.3, -0.25) is 4.90 Å². The van der Waals surface area contributed by atoms with Crippen LogP contribution in [0.4, 0.5) is 13.2 Å². The number of alkyl halides is 3. The van der Waals surface area contributed by atoms with Crippen LogP contribution in [0.1, 0.15) is 29.9 Å². The molecule has 0 amide bonds. The molecule has 1 saturated heterocycles. The first-order valence-corrected chi connectivity index (χ1v) is 7.73. The molecule has 2 aromatic heterocycles. The third kappa shape index (κ3) is 4.05. The van der Waals surface area contributed by atoms with Gasteiger partial charge in [0.15, 0.2) is 6.39 Å². The van der Waals surface area contributed by atoms with Gasteiger partial charge in [-0.2, -0.15) is 13.2 Å². The van der Waals surface area contributed by atoms with Gasteiger partial charge in [-0.1, -0.05) is 0 Å². The number of halogens is 3. The molecule has 0 bridgehead atoms. The summed E-state index contributed by atoms with van der Waals surface area (Å²) in [6.07, 6.45) is -0.601. The maximum atomic E-state index is 12.5. The Balaban J connectivity index is 1.49. The molecule has 1 fully saturated rings. The summed E-state index contributed by atoms with van der Waals surface area (Å²) < 4.78 is 48.6. The molecule has 3 heterocycles. The highest BCUT2D eigenvalue weighted by Gasteiger charge is 2.31. The van der Waals surface area contributed by atoms with Crippen LogP contribution in [0.3, 0.4) is 0 Å². The minimum absolute atomic E-state index is 0.0405. The lowest BCUT2D eigenvalue weighted by Crippen LogP contribution is -2.38. The van der Waals surface area contributed by atoms with Crippen molar-refractivity contribution >= 4 is 0 Å². The van der Waals surface area contributed by atoms with E-state index in [9.17, 15) is 13.2 Å². The molecule has 8 heteroatoms. The van der Waals surface area contributed by atoms with E-state index in [1.165, 1.54) is 12.5 Å². The second-order valence-electron chi connectivity index (χ2n) is 5.84. The molecule has 0 N–H and O–H groups in total. The molecule has 0 radical (unpaired) electrons. The van der Waals surface area contributed by atoms with Gasteiger partial charge in [-0.15, -0.1) is 0 Å². The molecule has 24 heavy (non-hydrogen) atoms. The monoisotopic (exact) mass is 341 g/mol. The molecule has 0 aliphatic carbocycles. The summed E-state index contributed by atoms with van der Waals surface area (Å²) in [6.45, 7) is 4.26. The highest BCUT2D eigenvalue weighted by Crippen LogP contribution is 2.29. The predicted octanol–water partition coefficient (Wildman–Crippen LogP) is 3.44. The van der Waals surface area contributed by atoms with Crippen molar-refractivity contribution in [1.29, 1.82) is 0 Å². The van der Waals surface area contributed by atoms with Crippen molar-refractivity contribution in [3.8, 4) is 5.88 Å². The van der Waals surface area contributed by atoms with Gasteiger partial charge in [0.2, 0.25) is 5.88 Å². The smallest absolute Gasteiger partial charge is 0.417 e. The van der Waals surface area contributed by atoms with Crippen molar-refractivity contribution in [3.63, 3.8) is 0 Å². The van der Waals surface area contributed by atoms with E-state index in [0.717, 1.165) is 49.6 Å². The average Bonchev–Trinajstić information content (AvgIpc) is 2.94. The van der Waals surface area contributed by atoms with Gasteiger partial charge < -0.3 is 9.15 Å². The van der Waals surface area contributed by atoms with Crippen LogP contribution < -0.4 is 4.74 Å². The highest BCUT2D eigenvalue weighted by molar-refractivity contribution is 5.20. The first-order chi connectivity index (χ1) is 11.4. The number of likely N-dealkylation sites (tertiary alicyclic amines) is 1. The van der Waals surface area contributed by atoms with E-state index in [1.54, 1.807) is 0 Å². The number of piperidine rings is 1. The van der Waals surface area contributed by atoms with Crippen LogP contribution in [0.25, 0.3) is 0 Å². The third-order valence-electron chi connectivity index (χ3n) is 4.10. The van der Waals surface area contributed by atoms with Crippen LogP contribution in [0, 0.1) is 6.92 Å². The number of rotatable bonds is 4. The van der Waals surface area contributed by atoms with Gasteiger partial charge in [0.25, 0.3) is 0 Å². The number of oxazole rings is 1. The van der Waals surface area contributed by atoms with Gasteiger partial charge in [0, 0.05) is 25.4 Å². The normalized spacial score (nSPS) is 17.2. The van der Waals surface area contributed by atoms with Crippen LogP contribution in [-0.2, 0) is 12.7 Å². The fourth-order valence-corrected chi connectivity index (χ4v) is 2.65. The summed E-state index contributed by atoms with van der Waals surface area (Å²) >= 11 is 0. The zero-order chi connectivity index (χ0) is 17.2. The molecule has 1 aliphatic heterocycles. The molecule has 0 saturated carbocycles. The number of ether oxygens (including phenoxy) is 1. The largest absolute Gasteiger partial charge is 0.474 e. The van der Waals surface area contributed by atoms with Crippen molar-refractivity contribution in [3.05, 3.63) is 41.7 Å². The molecule has 1 aliphatic rings. The summed E-state index contributed by atoms with van der Waals surface area (Å²) in [5.74, 6) is 1.09.